The highest BCUT2D eigenvalue weighted by molar-refractivity contribution is 5.95. The van der Waals surface area contributed by atoms with Gasteiger partial charge in [0.15, 0.2) is 5.69 Å². The Balaban J connectivity index is 1.61. The Morgan fingerprint density at radius 1 is 1.02 bits per heavy atom. The van der Waals surface area contributed by atoms with Crippen LogP contribution in [-0.4, -0.2) is 83.3 Å². The number of aromatic nitrogens is 3. The molecule has 2 aromatic heterocycles. The molecule has 0 spiro atoms. The fourth-order valence-electron chi connectivity index (χ4n) is 4.74. The van der Waals surface area contributed by atoms with Crippen LogP contribution in [0.25, 0.3) is 0 Å². The molecule has 2 N–H and O–H groups in total. The van der Waals surface area contributed by atoms with Crippen LogP contribution in [0.2, 0.25) is 0 Å². The van der Waals surface area contributed by atoms with Crippen molar-refractivity contribution in [3.05, 3.63) is 70.7 Å². The predicted octanol–water partition coefficient (Wildman–Crippen LogP) is 4.25. The summed E-state index contributed by atoms with van der Waals surface area (Å²) in [7, 11) is 6.43. The van der Waals surface area contributed by atoms with Crippen LogP contribution in [0, 0.1) is 0 Å². The van der Waals surface area contributed by atoms with Crippen LogP contribution in [-0.2, 0) is 13.1 Å². The second kappa shape index (κ2) is 12.3. The van der Waals surface area contributed by atoms with Gasteiger partial charge >= 0.3 is 12.2 Å². The number of nitrogens with one attached hydrogen (secondary N) is 2. The van der Waals surface area contributed by atoms with Crippen LogP contribution in [0.1, 0.15) is 63.5 Å². The molecule has 1 aliphatic heterocycles. The number of rotatable bonds is 7. The second-order valence-electron chi connectivity index (χ2n) is 11.0. The average molecular weight is 601 g/mol. The number of halogens is 3. The van der Waals surface area contributed by atoms with Gasteiger partial charge in [0.2, 0.25) is 0 Å². The third kappa shape index (κ3) is 6.89. The predicted molar refractivity (Wildman–Crippen MR) is 155 cm³/mol. The Labute approximate surface area is 247 Å². The lowest BCUT2D eigenvalue weighted by Crippen LogP contribution is -2.41. The summed E-state index contributed by atoms with van der Waals surface area (Å²) in [5, 5.41) is 9.86. The molecule has 0 unspecified atom stereocenters. The first-order chi connectivity index (χ1) is 20.2. The van der Waals surface area contributed by atoms with E-state index in [2.05, 4.69) is 20.7 Å². The topological polar surface area (TPSA) is 116 Å². The molecule has 3 heterocycles. The summed E-state index contributed by atoms with van der Waals surface area (Å²) in [6, 6.07) is 9.15. The average Bonchev–Trinajstić information content (AvgIpc) is 3.35. The van der Waals surface area contributed by atoms with Gasteiger partial charge < -0.3 is 25.3 Å². The van der Waals surface area contributed by atoms with Crippen molar-refractivity contribution in [2.24, 2.45) is 0 Å². The smallest absolute Gasteiger partial charge is 0.351 e. The van der Waals surface area contributed by atoms with Gasteiger partial charge in [0.25, 0.3) is 11.8 Å². The Kier molecular flexibility index (Phi) is 8.97. The number of carbonyl (C=O) groups excluding carboxylic acids is 3. The molecule has 1 aromatic carbocycles. The van der Waals surface area contributed by atoms with Crippen LogP contribution in [0.5, 0.6) is 0 Å². The van der Waals surface area contributed by atoms with E-state index in [4.69, 9.17) is 0 Å². The number of amides is 4. The van der Waals surface area contributed by atoms with E-state index in [0.29, 0.717) is 11.3 Å². The van der Waals surface area contributed by atoms with Crippen LogP contribution >= 0.6 is 0 Å². The van der Waals surface area contributed by atoms with Gasteiger partial charge in [-0.2, -0.15) is 18.3 Å². The fourth-order valence-corrected chi connectivity index (χ4v) is 4.74. The lowest BCUT2D eigenvalue weighted by atomic mass is 9.93. The van der Waals surface area contributed by atoms with Crippen molar-refractivity contribution in [3.63, 3.8) is 0 Å². The van der Waals surface area contributed by atoms with E-state index >= 15 is 0 Å². The molecule has 43 heavy (non-hydrogen) atoms. The first kappa shape index (κ1) is 31.3. The largest absolute Gasteiger partial charge is 0.398 e. The van der Waals surface area contributed by atoms with E-state index in [1.807, 2.05) is 0 Å². The molecule has 230 valence electrons. The van der Waals surface area contributed by atoms with E-state index in [0.717, 1.165) is 5.56 Å². The summed E-state index contributed by atoms with van der Waals surface area (Å²) in [6.45, 7) is 3.09. The molecule has 4 rings (SSSR count). The Morgan fingerprint density at radius 3 is 2.23 bits per heavy atom. The van der Waals surface area contributed by atoms with Gasteiger partial charge in [-0.1, -0.05) is 12.1 Å². The fraction of sp³-hybridized carbons (Fsp3) is 0.414. The van der Waals surface area contributed by atoms with E-state index in [-0.39, 0.29) is 47.8 Å². The van der Waals surface area contributed by atoms with Gasteiger partial charge in [-0.15, -0.1) is 0 Å². The van der Waals surface area contributed by atoms with Crippen molar-refractivity contribution >= 4 is 29.4 Å². The summed E-state index contributed by atoms with van der Waals surface area (Å²) < 4.78 is 44.7. The molecule has 4 amide bonds. The van der Waals surface area contributed by atoms with E-state index in [1.54, 1.807) is 66.3 Å². The van der Waals surface area contributed by atoms with Gasteiger partial charge in [0.05, 0.1) is 11.3 Å². The zero-order valence-corrected chi connectivity index (χ0v) is 24.9. The molecular formula is C29H35F3N8O3. The molecule has 0 radical (unpaired) electrons. The normalized spacial score (nSPS) is 14.7. The van der Waals surface area contributed by atoms with Gasteiger partial charge in [-0.3, -0.25) is 14.3 Å². The van der Waals surface area contributed by atoms with Gasteiger partial charge in [0.1, 0.15) is 11.7 Å². The summed E-state index contributed by atoms with van der Waals surface area (Å²) in [5.41, 5.74) is 1.65. The first-order valence-electron chi connectivity index (χ1n) is 13.6. The minimum absolute atomic E-state index is 0.0222. The zero-order valence-electron chi connectivity index (χ0n) is 24.9. The molecule has 0 bridgehead atoms. The highest BCUT2D eigenvalue weighted by Gasteiger charge is 2.49. The molecule has 1 atom stereocenters. The van der Waals surface area contributed by atoms with E-state index in [1.165, 1.54) is 37.7 Å². The Bertz CT molecular complexity index is 1480. The summed E-state index contributed by atoms with van der Waals surface area (Å²) in [6.07, 6.45) is -3.28. The maximum absolute atomic E-state index is 14.5. The second-order valence-corrected chi connectivity index (χ2v) is 11.0. The number of carbonyl (C=O) groups is 3. The van der Waals surface area contributed by atoms with Gasteiger partial charge in [-0.25, -0.2) is 9.78 Å². The van der Waals surface area contributed by atoms with Gasteiger partial charge in [-0.05, 0) is 43.7 Å². The highest BCUT2D eigenvalue weighted by atomic mass is 19.4. The lowest BCUT2D eigenvalue weighted by Gasteiger charge is -2.35. The molecule has 0 fully saturated rings. The molecule has 1 aliphatic rings. The third-order valence-electron chi connectivity index (χ3n) is 7.02. The molecule has 3 aromatic rings. The molecule has 14 heteroatoms. The number of pyridine rings is 1. The SMILES string of the molecule is CC(C)n1nc(C(=O)NCc2ccc(NC(=O)N(C)C)cc2)c2c1[C@@H](C(F)(F)F)CN(c1ccc(C(=O)N(C)C)cn1)C2. The van der Waals surface area contributed by atoms with Gasteiger partial charge in [0, 0.05) is 71.3 Å². The summed E-state index contributed by atoms with van der Waals surface area (Å²) >= 11 is 0. The molecule has 0 aliphatic carbocycles. The van der Waals surface area contributed by atoms with Crippen molar-refractivity contribution < 1.29 is 27.6 Å². The van der Waals surface area contributed by atoms with Crippen molar-refractivity contribution in [1.29, 1.82) is 0 Å². The van der Waals surface area contributed by atoms with E-state index in [9.17, 15) is 27.6 Å². The van der Waals surface area contributed by atoms with Crippen molar-refractivity contribution in [2.45, 2.75) is 45.1 Å². The number of benzene rings is 1. The number of anilines is 2. The first-order valence-corrected chi connectivity index (χ1v) is 13.6. The number of urea groups is 1. The Morgan fingerprint density at radius 2 is 1.70 bits per heavy atom. The standard InChI is InChI=1S/C29H35F3N8O3/c1-17(2)40-25-21(24(36-40)26(41)34-13-18-7-10-20(11-8-18)35-28(43)38(5)6)15-39(16-22(25)29(30,31)32)23-12-9-19(14-33-23)27(42)37(3)4/h7-12,14,17,22H,13,15-16H2,1-6H3,(H,34,41)(H,35,43)/t22-/m0/s1. The van der Waals surface area contributed by atoms with Crippen molar-refractivity contribution in [2.75, 3.05) is 45.0 Å². The minimum Gasteiger partial charge on any atom is -0.351 e. The molecule has 0 saturated carbocycles. The lowest BCUT2D eigenvalue weighted by molar-refractivity contribution is -0.151. The molecule has 0 saturated heterocycles. The zero-order chi connectivity index (χ0) is 31.6. The van der Waals surface area contributed by atoms with Crippen LogP contribution in [0.3, 0.4) is 0 Å². The van der Waals surface area contributed by atoms with Crippen LogP contribution < -0.4 is 15.5 Å². The number of hydrogen-bond donors (Lipinski definition) is 2. The number of nitrogens with zero attached hydrogens (tertiary/aromatic N) is 6. The minimum atomic E-state index is -4.61. The van der Waals surface area contributed by atoms with E-state index < -0.39 is 30.6 Å². The van der Waals surface area contributed by atoms with Crippen LogP contribution in [0.15, 0.2) is 42.6 Å². The monoisotopic (exact) mass is 600 g/mol. The quantitative estimate of drug-likeness (QED) is 0.419. The maximum Gasteiger partial charge on any atom is 0.398 e. The van der Waals surface area contributed by atoms with Crippen LogP contribution in [0.4, 0.5) is 29.5 Å². The van der Waals surface area contributed by atoms with Crippen molar-refractivity contribution in [1.82, 2.24) is 29.9 Å². The summed E-state index contributed by atoms with van der Waals surface area (Å²) in [4.78, 5) is 46.0. The van der Waals surface area contributed by atoms with Crippen molar-refractivity contribution in [3.8, 4) is 0 Å². The number of hydrogen-bond acceptors (Lipinski definition) is 6. The Hall–Kier alpha value is -4.62. The highest BCUT2D eigenvalue weighted by Crippen LogP contribution is 2.43. The number of fused-ring (bicyclic) bond motifs is 1. The molecule has 11 nitrogen and oxygen atoms in total. The summed E-state index contributed by atoms with van der Waals surface area (Å²) in [5.74, 6) is -2.55. The molecular weight excluding hydrogens is 565 g/mol. The third-order valence-corrected chi connectivity index (χ3v) is 7.02. The maximum atomic E-state index is 14.5. The number of alkyl halides is 3.